The predicted molar refractivity (Wildman–Crippen MR) is 69.8 cm³/mol. The topological polar surface area (TPSA) is 55.1 Å². The number of carbonyl (C=O) groups is 1. The molecule has 1 amide bonds. The second-order valence-corrected chi connectivity index (χ2v) is 4.96. The average Bonchev–Trinajstić information content (AvgIpc) is 2.27. The first kappa shape index (κ1) is 15.4. The van der Waals surface area contributed by atoms with Crippen LogP contribution in [-0.2, 0) is 6.18 Å². The number of rotatable bonds is 3. The van der Waals surface area contributed by atoms with E-state index < -0.39 is 23.2 Å². The quantitative estimate of drug-likeness (QED) is 0.841. The van der Waals surface area contributed by atoms with E-state index in [4.69, 9.17) is 18.0 Å². The molecule has 0 atom stereocenters. The standard InChI is InChI=1S/C12H13F3N2OS/c1-11(2,10(16)19)17-9(18)7-3-5-8(6-4-7)12(13,14)15/h3-6H,1-2H3,(H2,16,19)(H,17,18). The molecule has 1 aromatic carbocycles. The summed E-state index contributed by atoms with van der Waals surface area (Å²) in [6.45, 7) is 3.22. The molecule has 7 heteroatoms. The fourth-order valence-corrected chi connectivity index (χ4v) is 1.28. The van der Waals surface area contributed by atoms with E-state index in [2.05, 4.69) is 5.32 Å². The van der Waals surface area contributed by atoms with E-state index in [1.54, 1.807) is 13.8 Å². The molecule has 0 saturated carbocycles. The van der Waals surface area contributed by atoms with Gasteiger partial charge in [0.05, 0.1) is 16.1 Å². The van der Waals surface area contributed by atoms with Crippen molar-refractivity contribution in [1.29, 1.82) is 0 Å². The van der Waals surface area contributed by atoms with Gasteiger partial charge in [-0.15, -0.1) is 0 Å². The number of hydrogen-bond acceptors (Lipinski definition) is 2. The lowest BCUT2D eigenvalue weighted by Crippen LogP contribution is -2.52. The van der Waals surface area contributed by atoms with Crippen LogP contribution in [0.2, 0.25) is 0 Å². The minimum Gasteiger partial charge on any atom is -0.391 e. The molecule has 104 valence electrons. The van der Waals surface area contributed by atoms with Gasteiger partial charge in [-0.3, -0.25) is 4.79 Å². The zero-order valence-electron chi connectivity index (χ0n) is 10.3. The lowest BCUT2D eigenvalue weighted by atomic mass is 10.0. The Bertz CT molecular complexity index is 495. The van der Waals surface area contributed by atoms with Gasteiger partial charge in [0.15, 0.2) is 0 Å². The Labute approximate surface area is 114 Å². The van der Waals surface area contributed by atoms with Crippen molar-refractivity contribution in [3.8, 4) is 0 Å². The summed E-state index contributed by atoms with van der Waals surface area (Å²) < 4.78 is 37.1. The van der Waals surface area contributed by atoms with Crippen LogP contribution in [0.5, 0.6) is 0 Å². The fourth-order valence-electron chi connectivity index (χ4n) is 1.23. The van der Waals surface area contributed by atoms with Gasteiger partial charge in [-0.2, -0.15) is 13.2 Å². The molecule has 0 aliphatic heterocycles. The van der Waals surface area contributed by atoms with Crippen molar-refractivity contribution in [2.75, 3.05) is 0 Å². The number of halogens is 3. The van der Waals surface area contributed by atoms with E-state index in [0.717, 1.165) is 24.3 Å². The maximum atomic E-state index is 12.4. The van der Waals surface area contributed by atoms with Crippen LogP contribution in [0.3, 0.4) is 0 Å². The zero-order valence-corrected chi connectivity index (χ0v) is 11.2. The van der Waals surface area contributed by atoms with Crippen molar-refractivity contribution in [2.24, 2.45) is 5.73 Å². The van der Waals surface area contributed by atoms with Crippen LogP contribution in [0.25, 0.3) is 0 Å². The smallest absolute Gasteiger partial charge is 0.391 e. The van der Waals surface area contributed by atoms with Crippen molar-refractivity contribution in [3.63, 3.8) is 0 Å². The van der Waals surface area contributed by atoms with E-state index in [9.17, 15) is 18.0 Å². The first-order chi connectivity index (χ1) is 8.54. The molecule has 0 heterocycles. The average molecular weight is 290 g/mol. The minimum atomic E-state index is -4.42. The van der Waals surface area contributed by atoms with Gasteiger partial charge < -0.3 is 11.1 Å². The van der Waals surface area contributed by atoms with Gasteiger partial charge in [0, 0.05) is 5.56 Å². The Hall–Kier alpha value is -1.63. The van der Waals surface area contributed by atoms with Crippen molar-refractivity contribution < 1.29 is 18.0 Å². The number of thiocarbonyl (C=S) groups is 1. The van der Waals surface area contributed by atoms with E-state index in [0.29, 0.717) is 0 Å². The lowest BCUT2D eigenvalue weighted by molar-refractivity contribution is -0.137. The Balaban J connectivity index is 2.88. The number of benzene rings is 1. The number of hydrogen-bond donors (Lipinski definition) is 2. The second kappa shape index (κ2) is 5.16. The molecule has 0 radical (unpaired) electrons. The number of carbonyl (C=O) groups excluding carboxylic acids is 1. The molecular formula is C12H13F3N2OS. The van der Waals surface area contributed by atoms with Gasteiger partial charge in [0.2, 0.25) is 0 Å². The van der Waals surface area contributed by atoms with Crippen LogP contribution >= 0.6 is 12.2 Å². The van der Waals surface area contributed by atoms with Crippen LogP contribution in [-0.4, -0.2) is 16.4 Å². The summed E-state index contributed by atoms with van der Waals surface area (Å²) in [4.78, 5) is 11.9. The Kier molecular flexibility index (Phi) is 4.19. The molecule has 0 spiro atoms. The fraction of sp³-hybridized carbons (Fsp3) is 0.333. The summed E-state index contributed by atoms with van der Waals surface area (Å²) >= 11 is 4.78. The SMILES string of the molecule is CC(C)(NC(=O)c1ccc(C(F)(F)F)cc1)C(N)=S. The third-order valence-electron chi connectivity index (χ3n) is 2.52. The minimum absolute atomic E-state index is 0.0905. The van der Waals surface area contributed by atoms with Gasteiger partial charge in [-0.1, -0.05) is 12.2 Å². The highest BCUT2D eigenvalue weighted by molar-refractivity contribution is 7.80. The third kappa shape index (κ3) is 3.92. The molecule has 3 N–H and O–H groups in total. The largest absolute Gasteiger partial charge is 0.416 e. The van der Waals surface area contributed by atoms with Crippen molar-refractivity contribution in [1.82, 2.24) is 5.32 Å². The second-order valence-electron chi connectivity index (χ2n) is 4.52. The van der Waals surface area contributed by atoms with Gasteiger partial charge in [-0.25, -0.2) is 0 Å². The van der Waals surface area contributed by atoms with Crippen LogP contribution < -0.4 is 11.1 Å². The molecule has 0 aliphatic carbocycles. The molecular weight excluding hydrogens is 277 g/mol. The van der Waals surface area contributed by atoms with Crippen LogP contribution in [0.1, 0.15) is 29.8 Å². The van der Waals surface area contributed by atoms with Crippen molar-refractivity contribution >= 4 is 23.1 Å². The highest BCUT2D eigenvalue weighted by Crippen LogP contribution is 2.29. The number of nitrogens with one attached hydrogen (secondary N) is 1. The highest BCUT2D eigenvalue weighted by Gasteiger charge is 2.30. The first-order valence-electron chi connectivity index (χ1n) is 5.34. The van der Waals surface area contributed by atoms with E-state index in [-0.39, 0.29) is 10.6 Å². The summed E-state index contributed by atoms with van der Waals surface area (Å²) in [5.41, 5.74) is 3.84. The van der Waals surface area contributed by atoms with Gasteiger partial charge >= 0.3 is 6.18 Å². The summed E-state index contributed by atoms with van der Waals surface area (Å²) in [6.07, 6.45) is -4.42. The Morgan fingerprint density at radius 2 is 1.68 bits per heavy atom. The third-order valence-corrected chi connectivity index (χ3v) is 3.03. The molecule has 1 rings (SSSR count). The van der Waals surface area contributed by atoms with Crippen molar-refractivity contribution in [2.45, 2.75) is 25.6 Å². The maximum Gasteiger partial charge on any atom is 0.416 e. The van der Waals surface area contributed by atoms with E-state index >= 15 is 0 Å². The summed E-state index contributed by atoms with van der Waals surface area (Å²) in [7, 11) is 0. The van der Waals surface area contributed by atoms with Crippen LogP contribution in [0.4, 0.5) is 13.2 Å². The molecule has 0 saturated heterocycles. The Morgan fingerprint density at radius 3 is 2.05 bits per heavy atom. The Morgan fingerprint density at radius 1 is 1.21 bits per heavy atom. The van der Waals surface area contributed by atoms with Gasteiger partial charge in [-0.05, 0) is 38.1 Å². The first-order valence-corrected chi connectivity index (χ1v) is 5.74. The molecule has 3 nitrogen and oxygen atoms in total. The zero-order chi connectivity index (χ0) is 14.8. The summed E-state index contributed by atoms with van der Waals surface area (Å²) in [6, 6.07) is 3.91. The molecule has 0 bridgehead atoms. The summed E-state index contributed by atoms with van der Waals surface area (Å²) in [5, 5.41) is 2.54. The number of amides is 1. The summed E-state index contributed by atoms with van der Waals surface area (Å²) in [5.74, 6) is -0.536. The molecule has 0 fully saturated rings. The normalized spacial score (nSPS) is 12.1. The lowest BCUT2D eigenvalue weighted by Gasteiger charge is -2.24. The van der Waals surface area contributed by atoms with E-state index in [1.807, 2.05) is 0 Å². The van der Waals surface area contributed by atoms with Crippen molar-refractivity contribution in [3.05, 3.63) is 35.4 Å². The maximum absolute atomic E-state index is 12.4. The molecule has 0 aromatic heterocycles. The van der Waals surface area contributed by atoms with E-state index in [1.165, 1.54) is 0 Å². The van der Waals surface area contributed by atoms with Gasteiger partial charge in [0.25, 0.3) is 5.91 Å². The molecule has 1 aromatic rings. The highest BCUT2D eigenvalue weighted by atomic mass is 32.1. The number of alkyl halides is 3. The van der Waals surface area contributed by atoms with Gasteiger partial charge in [0.1, 0.15) is 0 Å². The predicted octanol–water partition coefficient (Wildman–Crippen LogP) is 2.50. The monoisotopic (exact) mass is 290 g/mol. The molecule has 19 heavy (non-hydrogen) atoms. The number of nitrogens with two attached hydrogens (primary N) is 1. The molecule has 0 aliphatic rings. The van der Waals surface area contributed by atoms with Crippen LogP contribution in [0.15, 0.2) is 24.3 Å². The van der Waals surface area contributed by atoms with Crippen LogP contribution in [0, 0.1) is 0 Å². The molecule has 0 unspecified atom stereocenters.